The average molecular weight is 412 g/mol. The molecule has 4 rings (SSSR count). The molecular weight excluding hydrogens is 391 g/mol. The monoisotopic (exact) mass is 412 g/mol. The highest BCUT2D eigenvalue weighted by molar-refractivity contribution is 5.94. The molecule has 0 aliphatic rings. The molecule has 154 valence electrons. The third-order valence-corrected chi connectivity index (χ3v) is 5.13. The van der Waals surface area contributed by atoms with Crippen molar-refractivity contribution < 1.29 is 9.18 Å². The van der Waals surface area contributed by atoms with Crippen LogP contribution in [0.5, 0.6) is 0 Å². The van der Waals surface area contributed by atoms with Crippen molar-refractivity contribution >= 4 is 5.91 Å². The quantitative estimate of drug-likeness (QED) is 0.494. The van der Waals surface area contributed by atoms with Gasteiger partial charge < -0.3 is 5.32 Å². The number of nitrogens with one attached hydrogen (secondary N) is 1. The summed E-state index contributed by atoms with van der Waals surface area (Å²) in [5, 5.41) is 2.96. The predicted molar refractivity (Wildman–Crippen MR) is 120 cm³/mol. The van der Waals surface area contributed by atoms with Gasteiger partial charge in [-0.2, -0.15) is 0 Å². The molecule has 31 heavy (non-hydrogen) atoms. The van der Waals surface area contributed by atoms with Crippen LogP contribution >= 0.6 is 0 Å². The lowest BCUT2D eigenvalue weighted by Gasteiger charge is -2.16. The van der Waals surface area contributed by atoms with Gasteiger partial charge >= 0.3 is 0 Å². The van der Waals surface area contributed by atoms with E-state index in [9.17, 15) is 14.0 Å². The van der Waals surface area contributed by atoms with Gasteiger partial charge in [-0.1, -0.05) is 60.7 Å². The standard InChI is InChI=1S/C26H21FN2O2/c1-18(20-10-7-11-21(16-20)19-8-3-2-4-9-19)28-26(31)22-14-15-25(30)29(17-22)24-13-6-5-12-23(24)27/h2-18H,1H3,(H,28,31)/t18-/m1/s1. The first-order valence-electron chi connectivity index (χ1n) is 9.97. The minimum Gasteiger partial charge on any atom is -0.345 e. The zero-order valence-electron chi connectivity index (χ0n) is 17.0. The normalized spacial score (nSPS) is 11.7. The molecule has 1 heterocycles. The molecule has 1 aromatic heterocycles. The van der Waals surface area contributed by atoms with Crippen LogP contribution in [0.25, 0.3) is 16.8 Å². The van der Waals surface area contributed by atoms with Crippen LogP contribution in [-0.4, -0.2) is 10.5 Å². The molecule has 1 atom stereocenters. The van der Waals surface area contributed by atoms with Crippen molar-refractivity contribution in [1.82, 2.24) is 9.88 Å². The van der Waals surface area contributed by atoms with Gasteiger partial charge in [0.2, 0.25) is 0 Å². The summed E-state index contributed by atoms with van der Waals surface area (Å²) in [5.41, 5.74) is 3.08. The third kappa shape index (κ3) is 4.46. The van der Waals surface area contributed by atoms with Crippen LogP contribution in [0.4, 0.5) is 4.39 Å². The molecule has 0 unspecified atom stereocenters. The molecule has 0 aliphatic heterocycles. The molecular formula is C26H21FN2O2. The Hall–Kier alpha value is -3.99. The maximum atomic E-state index is 14.1. The molecule has 3 aromatic carbocycles. The topological polar surface area (TPSA) is 51.1 Å². The Morgan fingerprint density at radius 2 is 1.58 bits per heavy atom. The van der Waals surface area contributed by atoms with Crippen LogP contribution in [0.15, 0.2) is 102 Å². The van der Waals surface area contributed by atoms with Gasteiger partial charge in [-0.15, -0.1) is 0 Å². The summed E-state index contributed by atoms with van der Waals surface area (Å²) in [5.74, 6) is -0.879. The summed E-state index contributed by atoms with van der Waals surface area (Å²) < 4.78 is 15.3. The largest absolute Gasteiger partial charge is 0.345 e. The van der Waals surface area contributed by atoms with Gasteiger partial charge in [0, 0.05) is 12.3 Å². The van der Waals surface area contributed by atoms with E-state index >= 15 is 0 Å². The molecule has 0 saturated carbocycles. The first-order chi connectivity index (χ1) is 15.0. The van der Waals surface area contributed by atoms with E-state index in [0.29, 0.717) is 0 Å². The third-order valence-electron chi connectivity index (χ3n) is 5.13. The van der Waals surface area contributed by atoms with E-state index in [4.69, 9.17) is 0 Å². The SMILES string of the molecule is C[C@@H](NC(=O)c1ccc(=O)n(-c2ccccc2F)c1)c1cccc(-c2ccccc2)c1. The lowest BCUT2D eigenvalue weighted by Crippen LogP contribution is -2.28. The number of halogens is 1. The average Bonchev–Trinajstić information content (AvgIpc) is 2.80. The van der Waals surface area contributed by atoms with Gasteiger partial charge in [0.15, 0.2) is 0 Å². The van der Waals surface area contributed by atoms with E-state index in [-0.39, 0.29) is 23.2 Å². The molecule has 0 saturated heterocycles. The highest BCUT2D eigenvalue weighted by Gasteiger charge is 2.14. The molecule has 1 amide bonds. The summed E-state index contributed by atoms with van der Waals surface area (Å²) in [7, 11) is 0. The van der Waals surface area contributed by atoms with Gasteiger partial charge in [0.05, 0.1) is 17.3 Å². The van der Waals surface area contributed by atoms with Gasteiger partial charge in [-0.3, -0.25) is 14.2 Å². The lowest BCUT2D eigenvalue weighted by atomic mass is 10.00. The van der Waals surface area contributed by atoms with Crippen molar-refractivity contribution in [1.29, 1.82) is 0 Å². The van der Waals surface area contributed by atoms with Crippen LogP contribution in [-0.2, 0) is 0 Å². The number of amides is 1. The van der Waals surface area contributed by atoms with Crippen molar-refractivity contribution in [2.24, 2.45) is 0 Å². The molecule has 0 aliphatic carbocycles. The van der Waals surface area contributed by atoms with Crippen molar-refractivity contribution in [3.05, 3.63) is 124 Å². The fourth-order valence-electron chi connectivity index (χ4n) is 3.44. The van der Waals surface area contributed by atoms with Crippen LogP contribution in [0, 0.1) is 5.82 Å². The number of para-hydroxylation sites is 1. The zero-order chi connectivity index (χ0) is 21.8. The van der Waals surface area contributed by atoms with Gasteiger partial charge in [-0.25, -0.2) is 4.39 Å². The molecule has 0 spiro atoms. The lowest BCUT2D eigenvalue weighted by molar-refractivity contribution is 0.0939. The van der Waals surface area contributed by atoms with E-state index in [2.05, 4.69) is 5.32 Å². The molecule has 0 radical (unpaired) electrons. The zero-order valence-corrected chi connectivity index (χ0v) is 17.0. The minimum atomic E-state index is -0.534. The fraction of sp³-hybridized carbons (Fsp3) is 0.0769. The summed E-state index contributed by atoms with van der Waals surface area (Å²) in [6.45, 7) is 1.90. The van der Waals surface area contributed by atoms with Crippen molar-refractivity contribution in [3.8, 4) is 16.8 Å². The Morgan fingerprint density at radius 1 is 0.871 bits per heavy atom. The molecule has 1 N–H and O–H groups in total. The number of benzene rings is 3. The number of pyridine rings is 1. The fourth-order valence-corrected chi connectivity index (χ4v) is 3.44. The predicted octanol–water partition coefficient (Wildman–Crippen LogP) is 5.13. The van der Waals surface area contributed by atoms with Gasteiger partial charge in [0.1, 0.15) is 5.82 Å². The number of rotatable bonds is 5. The molecule has 0 fully saturated rings. The van der Waals surface area contributed by atoms with Crippen LogP contribution in [0.3, 0.4) is 0 Å². The number of hydrogen-bond acceptors (Lipinski definition) is 2. The highest BCUT2D eigenvalue weighted by Crippen LogP contribution is 2.23. The number of hydrogen-bond donors (Lipinski definition) is 1. The molecule has 4 nitrogen and oxygen atoms in total. The molecule has 4 aromatic rings. The Balaban J connectivity index is 1.57. The summed E-state index contributed by atoms with van der Waals surface area (Å²) >= 11 is 0. The number of carbonyl (C=O) groups is 1. The number of aromatic nitrogens is 1. The van der Waals surface area contributed by atoms with Crippen molar-refractivity contribution in [2.45, 2.75) is 13.0 Å². The first-order valence-corrected chi connectivity index (χ1v) is 9.97. The second-order valence-electron chi connectivity index (χ2n) is 7.26. The second kappa shape index (κ2) is 8.79. The Morgan fingerprint density at radius 3 is 2.35 bits per heavy atom. The number of nitrogens with zero attached hydrogens (tertiary/aromatic N) is 1. The molecule has 0 bridgehead atoms. The van der Waals surface area contributed by atoms with Crippen LogP contribution in [0.2, 0.25) is 0 Å². The van der Waals surface area contributed by atoms with Crippen molar-refractivity contribution in [3.63, 3.8) is 0 Å². The number of carbonyl (C=O) groups excluding carboxylic acids is 1. The highest BCUT2D eigenvalue weighted by atomic mass is 19.1. The van der Waals surface area contributed by atoms with E-state index in [1.54, 1.807) is 12.1 Å². The summed E-state index contributed by atoms with van der Waals surface area (Å²) in [6, 6.07) is 26.4. The van der Waals surface area contributed by atoms with Crippen LogP contribution in [0.1, 0.15) is 28.9 Å². The summed E-state index contributed by atoms with van der Waals surface area (Å²) in [4.78, 5) is 25.1. The minimum absolute atomic E-state index is 0.103. The summed E-state index contributed by atoms with van der Waals surface area (Å²) in [6.07, 6.45) is 1.36. The smallest absolute Gasteiger partial charge is 0.255 e. The first kappa shape index (κ1) is 20.3. The Kier molecular flexibility index (Phi) is 5.76. The van der Waals surface area contributed by atoms with Crippen molar-refractivity contribution in [2.75, 3.05) is 0 Å². The van der Waals surface area contributed by atoms with Gasteiger partial charge in [-0.05, 0) is 47.9 Å². The van der Waals surface area contributed by atoms with Gasteiger partial charge in [0.25, 0.3) is 11.5 Å². The maximum absolute atomic E-state index is 14.1. The van der Waals surface area contributed by atoms with E-state index in [1.165, 1.54) is 30.5 Å². The van der Waals surface area contributed by atoms with E-state index in [0.717, 1.165) is 21.3 Å². The second-order valence-corrected chi connectivity index (χ2v) is 7.26. The Labute approximate surface area is 179 Å². The van der Waals surface area contributed by atoms with Crippen LogP contribution < -0.4 is 10.9 Å². The van der Waals surface area contributed by atoms with E-state index < -0.39 is 11.4 Å². The van der Waals surface area contributed by atoms with E-state index in [1.807, 2.05) is 61.5 Å². The molecule has 5 heteroatoms. The maximum Gasteiger partial charge on any atom is 0.255 e. The Bertz CT molecular complexity index is 1280.